The lowest BCUT2D eigenvalue weighted by Crippen LogP contribution is -2.35. The van der Waals surface area contributed by atoms with E-state index >= 15 is 0 Å². The Morgan fingerprint density at radius 2 is 2.00 bits per heavy atom. The summed E-state index contributed by atoms with van der Waals surface area (Å²) in [5, 5.41) is 5.70. The second-order valence-electron chi connectivity index (χ2n) is 5.80. The van der Waals surface area contributed by atoms with Gasteiger partial charge in [0.15, 0.2) is 0 Å². The molecule has 0 aliphatic heterocycles. The Labute approximate surface area is 130 Å². The molecule has 22 heavy (non-hydrogen) atoms. The number of hydrogen-bond donors (Lipinski definition) is 3. The molecule has 0 radical (unpaired) electrons. The highest BCUT2D eigenvalue weighted by atomic mass is 16.5. The maximum Gasteiger partial charge on any atom is 0.253 e. The van der Waals surface area contributed by atoms with Crippen molar-refractivity contribution in [2.75, 3.05) is 12.4 Å². The Kier molecular flexibility index (Phi) is 5.03. The zero-order chi connectivity index (χ0) is 16.3. The second-order valence-corrected chi connectivity index (χ2v) is 5.80. The smallest absolute Gasteiger partial charge is 0.253 e. The van der Waals surface area contributed by atoms with Crippen LogP contribution in [0.15, 0.2) is 18.2 Å². The van der Waals surface area contributed by atoms with Gasteiger partial charge in [0.1, 0.15) is 5.75 Å². The lowest BCUT2D eigenvalue weighted by atomic mass is 10.0. The third kappa shape index (κ3) is 3.98. The molecule has 1 aliphatic rings. The molecule has 2 unspecified atom stereocenters. The van der Waals surface area contributed by atoms with E-state index in [1.54, 1.807) is 32.0 Å². The van der Waals surface area contributed by atoms with Crippen molar-refractivity contribution in [2.24, 2.45) is 11.7 Å². The molecule has 120 valence electrons. The lowest BCUT2D eigenvalue weighted by molar-refractivity contribution is -0.119. The van der Waals surface area contributed by atoms with E-state index in [1.807, 2.05) is 0 Å². The first-order valence-electron chi connectivity index (χ1n) is 7.47. The van der Waals surface area contributed by atoms with Gasteiger partial charge in [0.05, 0.1) is 24.3 Å². The molecule has 6 nitrogen and oxygen atoms in total. The fourth-order valence-corrected chi connectivity index (χ4v) is 1.92. The topological polar surface area (TPSA) is 93.4 Å². The van der Waals surface area contributed by atoms with Crippen molar-refractivity contribution in [3.63, 3.8) is 0 Å². The Balaban J connectivity index is 2.21. The number of methoxy groups -OCH3 is 1. The minimum Gasteiger partial charge on any atom is -0.497 e. The zero-order valence-corrected chi connectivity index (χ0v) is 13.2. The van der Waals surface area contributed by atoms with Crippen LogP contribution in [0.25, 0.3) is 0 Å². The van der Waals surface area contributed by atoms with Crippen LogP contribution >= 0.6 is 0 Å². The molecule has 1 aliphatic carbocycles. The van der Waals surface area contributed by atoms with Gasteiger partial charge in [-0.3, -0.25) is 9.59 Å². The largest absolute Gasteiger partial charge is 0.497 e. The number of rotatable bonds is 6. The minimum absolute atomic E-state index is 0.204. The fourth-order valence-electron chi connectivity index (χ4n) is 1.92. The first kappa shape index (κ1) is 16.3. The van der Waals surface area contributed by atoms with E-state index in [0.717, 1.165) is 12.8 Å². The van der Waals surface area contributed by atoms with Crippen molar-refractivity contribution in [2.45, 2.75) is 38.8 Å². The average Bonchev–Trinajstić information content (AvgIpc) is 3.30. The van der Waals surface area contributed by atoms with Crippen molar-refractivity contribution < 1.29 is 14.3 Å². The number of ether oxygens (including phenoxy) is 1. The molecule has 2 rings (SSSR count). The number of amides is 2. The van der Waals surface area contributed by atoms with Crippen molar-refractivity contribution in [3.8, 4) is 5.75 Å². The van der Waals surface area contributed by atoms with E-state index in [0.29, 0.717) is 17.0 Å². The van der Waals surface area contributed by atoms with Crippen LogP contribution in [0.4, 0.5) is 5.69 Å². The molecule has 1 saturated carbocycles. The molecule has 6 heteroatoms. The Hall–Kier alpha value is -2.08. The summed E-state index contributed by atoms with van der Waals surface area (Å²) in [6.07, 6.45) is 2.00. The molecule has 0 aromatic heterocycles. The summed E-state index contributed by atoms with van der Waals surface area (Å²) < 4.78 is 5.16. The summed E-state index contributed by atoms with van der Waals surface area (Å²) in [5.41, 5.74) is 6.62. The van der Waals surface area contributed by atoms with Gasteiger partial charge in [-0.25, -0.2) is 0 Å². The summed E-state index contributed by atoms with van der Waals surface area (Å²) >= 11 is 0. The van der Waals surface area contributed by atoms with Crippen molar-refractivity contribution >= 4 is 17.5 Å². The van der Waals surface area contributed by atoms with Gasteiger partial charge in [0.2, 0.25) is 5.91 Å². The summed E-state index contributed by atoms with van der Waals surface area (Å²) in [5.74, 6) is -0.188. The van der Waals surface area contributed by atoms with Crippen molar-refractivity contribution in [1.82, 2.24) is 5.32 Å². The SMILES string of the molecule is COc1ccc(NC(=O)C(C)C(C)N)c(C(=O)NC2CC2)c1. The van der Waals surface area contributed by atoms with Gasteiger partial charge in [0.25, 0.3) is 5.91 Å². The van der Waals surface area contributed by atoms with Crippen LogP contribution in [0.5, 0.6) is 5.75 Å². The monoisotopic (exact) mass is 305 g/mol. The van der Waals surface area contributed by atoms with Crippen LogP contribution in [0.3, 0.4) is 0 Å². The van der Waals surface area contributed by atoms with Crippen molar-refractivity contribution in [3.05, 3.63) is 23.8 Å². The number of carbonyl (C=O) groups excluding carboxylic acids is 2. The van der Waals surface area contributed by atoms with Crippen LogP contribution in [-0.2, 0) is 4.79 Å². The van der Waals surface area contributed by atoms with Gasteiger partial charge in [-0.1, -0.05) is 6.92 Å². The van der Waals surface area contributed by atoms with E-state index in [1.165, 1.54) is 7.11 Å². The molecule has 0 bridgehead atoms. The van der Waals surface area contributed by atoms with Crippen LogP contribution in [-0.4, -0.2) is 31.0 Å². The Morgan fingerprint density at radius 1 is 1.32 bits per heavy atom. The number of nitrogens with one attached hydrogen (secondary N) is 2. The molecule has 2 atom stereocenters. The molecule has 2 amide bonds. The Bertz CT molecular complexity index is 568. The molecular weight excluding hydrogens is 282 g/mol. The van der Waals surface area contributed by atoms with E-state index in [4.69, 9.17) is 10.5 Å². The molecular formula is C16H23N3O3. The van der Waals surface area contributed by atoms with Gasteiger partial charge < -0.3 is 21.1 Å². The van der Waals surface area contributed by atoms with Crippen molar-refractivity contribution in [1.29, 1.82) is 0 Å². The molecule has 1 aromatic rings. The van der Waals surface area contributed by atoms with E-state index in [-0.39, 0.29) is 29.8 Å². The molecule has 0 saturated heterocycles. The normalized spacial score (nSPS) is 16.5. The van der Waals surface area contributed by atoms with Crippen LogP contribution in [0.1, 0.15) is 37.0 Å². The Morgan fingerprint density at radius 3 is 2.55 bits per heavy atom. The fraction of sp³-hybridized carbons (Fsp3) is 0.500. The second kappa shape index (κ2) is 6.79. The average molecular weight is 305 g/mol. The number of nitrogens with two attached hydrogens (primary N) is 1. The minimum atomic E-state index is -0.346. The summed E-state index contributed by atoms with van der Waals surface area (Å²) in [6, 6.07) is 4.99. The van der Waals surface area contributed by atoms with Gasteiger partial charge in [-0.05, 0) is 38.0 Å². The molecule has 0 heterocycles. The predicted molar refractivity (Wildman–Crippen MR) is 84.9 cm³/mol. The highest BCUT2D eigenvalue weighted by Gasteiger charge is 2.26. The zero-order valence-electron chi connectivity index (χ0n) is 13.2. The number of benzene rings is 1. The summed E-state index contributed by atoms with van der Waals surface area (Å²) in [7, 11) is 1.54. The first-order chi connectivity index (χ1) is 10.4. The van der Waals surface area contributed by atoms with Crippen LogP contribution < -0.4 is 21.1 Å². The first-order valence-corrected chi connectivity index (χ1v) is 7.47. The third-order valence-corrected chi connectivity index (χ3v) is 3.84. The summed E-state index contributed by atoms with van der Waals surface area (Å²) in [6.45, 7) is 3.53. The maximum absolute atomic E-state index is 12.3. The lowest BCUT2D eigenvalue weighted by Gasteiger charge is -2.17. The van der Waals surface area contributed by atoms with Crippen LogP contribution in [0.2, 0.25) is 0 Å². The van der Waals surface area contributed by atoms with Gasteiger partial charge >= 0.3 is 0 Å². The van der Waals surface area contributed by atoms with E-state index in [2.05, 4.69) is 10.6 Å². The highest BCUT2D eigenvalue weighted by molar-refractivity contribution is 6.04. The van der Waals surface area contributed by atoms with Crippen LogP contribution in [0, 0.1) is 5.92 Å². The standard InChI is InChI=1S/C16H23N3O3/c1-9(10(2)17)15(20)19-14-7-6-12(22-3)8-13(14)16(21)18-11-4-5-11/h6-11H,4-5,17H2,1-3H3,(H,18,21)(H,19,20). The predicted octanol–water partition coefficient (Wildman–Crippen LogP) is 1.51. The molecule has 4 N–H and O–H groups in total. The molecule has 1 aromatic carbocycles. The molecule has 0 spiro atoms. The van der Waals surface area contributed by atoms with E-state index in [9.17, 15) is 9.59 Å². The third-order valence-electron chi connectivity index (χ3n) is 3.84. The number of hydrogen-bond acceptors (Lipinski definition) is 4. The quantitative estimate of drug-likeness (QED) is 0.742. The van der Waals surface area contributed by atoms with Gasteiger partial charge in [0, 0.05) is 12.1 Å². The summed E-state index contributed by atoms with van der Waals surface area (Å²) in [4.78, 5) is 24.5. The number of anilines is 1. The van der Waals surface area contributed by atoms with E-state index < -0.39 is 0 Å². The maximum atomic E-state index is 12.3. The highest BCUT2D eigenvalue weighted by Crippen LogP contribution is 2.25. The molecule has 1 fully saturated rings. The number of carbonyl (C=O) groups is 2. The van der Waals surface area contributed by atoms with Gasteiger partial charge in [-0.15, -0.1) is 0 Å². The van der Waals surface area contributed by atoms with Gasteiger partial charge in [-0.2, -0.15) is 0 Å².